The van der Waals surface area contributed by atoms with Gasteiger partial charge in [0.2, 0.25) is 0 Å². The second kappa shape index (κ2) is 50.8. The van der Waals surface area contributed by atoms with E-state index >= 15 is 0 Å². The van der Waals surface area contributed by atoms with Crippen molar-refractivity contribution in [3.05, 3.63) is 60.8 Å². The van der Waals surface area contributed by atoms with Crippen LogP contribution in [0.5, 0.6) is 0 Å². The molecule has 0 aliphatic rings. The van der Waals surface area contributed by atoms with E-state index in [0.717, 1.165) is 89.9 Å². The molecule has 0 aromatic carbocycles. The van der Waals surface area contributed by atoms with E-state index in [1.807, 2.05) is 0 Å². The summed E-state index contributed by atoms with van der Waals surface area (Å²) in [6.07, 6.45) is 62.1. The van der Waals surface area contributed by atoms with Crippen LogP contribution in [-0.4, -0.2) is 37.2 Å². The Kier molecular flexibility index (Phi) is 48.4. The van der Waals surface area contributed by atoms with Crippen molar-refractivity contribution in [2.45, 2.75) is 264 Å². The van der Waals surface area contributed by atoms with Crippen LogP contribution in [0.15, 0.2) is 60.8 Å². The summed E-state index contributed by atoms with van der Waals surface area (Å²) < 4.78 is 16.8. The molecule has 0 aromatic heterocycles. The largest absolute Gasteiger partial charge is 0.462 e. The number of carbonyl (C=O) groups is 3. The number of carbonyl (C=O) groups excluding carboxylic acids is 3. The third-order valence-corrected chi connectivity index (χ3v) is 11.3. The van der Waals surface area contributed by atoms with Crippen molar-refractivity contribution in [2.24, 2.45) is 0 Å². The van der Waals surface area contributed by atoms with Gasteiger partial charge in [-0.1, -0.05) is 216 Å². The molecule has 0 aliphatic heterocycles. The molecule has 1 atom stereocenters. The molecule has 0 aromatic rings. The van der Waals surface area contributed by atoms with Crippen LogP contribution in [0, 0.1) is 0 Å². The monoisotopic (exact) mass is 867 g/mol. The summed E-state index contributed by atoms with van der Waals surface area (Å²) in [5, 5.41) is 0. The summed E-state index contributed by atoms with van der Waals surface area (Å²) in [5.41, 5.74) is 0. The van der Waals surface area contributed by atoms with Gasteiger partial charge in [-0.2, -0.15) is 0 Å². The van der Waals surface area contributed by atoms with Gasteiger partial charge in [0.1, 0.15) is 13.2 Å². The molecule has 0 saturated carbocycles. The molecule has 0 N–H and O–H groups in total. The topological polar surface area (TPSA) is 78.9 Å². The van der Waals surface area contributed by atoms with Crippen molar-refractivity contribution in [3.63, 3.8) is 0 Å². The van der Waals surface area contributed by atoms with Gasteiger partial charge in [-0.15, -0.1) is 0 Å². The lowest BCUT2D eigenvalue weighted by atomic mass is 10.0. The van der Waals surface area contributed by atoms with Gasteiger partial charge in [-0.3, -0.25) is 14.4 Å². The molecule has 1 unspecified atom stereocenters. The Morgan fingerprint density at radius 3 is 1.05 bits per heavy atom. The van der Waals surface area contributed by atoms with E-state index in [1.54, 1.807) is 0 Å². The molecule has 0 spiro atoms. The molecule has 0 bridgehead atoms. The van der Waals surface area contributed by atoms with E-state index in [-0.39, 0.29) is 31.1 Å². The standard InChI is InChI=1S/C56H98O6/c1-4-7-10-13-16-19-22-25-27-28-30-31-34-37-40-43-46-49-55(58)61-52-53(51-60-54(57)48-45-42-39-36-33-24-21-18-15-12-9-6-3)62-56(59)50-47-44-41-38-35-32-29-26-23-20-17-14-11-8-5-2/h9,12,16,18-19,21,25,27,33,36,53H,4-8,10-11,13-15,17,20,22-24,26,28-32,34-35,37-52H2,1-3H3/b12-9-,19-16-,21-18-,27-25-,36-33-. The van der Waals surface area contributed by atoms with Crippen LogP contribution >= 0.6 is 0 Å². The van der Waals surface area contributed by atoms with Gasteiger partial charge in [0.05, 0.1) is 0 Å². The molecule has 62 heavy (non-hydrogen) atoms. The lowest BCUT2D eigenvalue weighted by molar-refractivity contribution is -0.167. The van der Waals surface area contributed by atoms with Crippen molar-refractivity contribution in [3.8, 4) is 0 Å². The molecule has 0 aliphatic carbocycles. The minimum Gasteiger partial charge on any atom is -0.462 e. The van der Waals surface area contributed by atoms with E-state index in [1.165, 1.54) is 128 Å². The van der Waals surface area contributed by atoms with Gasteiger partial charge in [0.15, 0.2) is 6.10 Å². The van der Waals surface area contributed by atoms with Crippen LogP contribution in [0.2, 0.25) is 0 Å². The Hall–Kier alpha value is -2.89. The Labute approximate surface area is 383 Å². The summed E-state index contributed by atoms with van der Waals surface area (Å²) in [5.74, 6) is -0.930. The maximum absolute atomic E-state index is 12.8. The van der Waals surface area contributed by atoms with Crippen molar-refractivity contribution in [1.29, 1.82) is 0 Å². The fourth-order valence-electron chi connectivity index (χ4n) is 7.31. The van der Waals surface area contributed by atoms with Crippen molar-refractivity contribution in [2.75, 3.05) is 13.2 Å². The van der Waals surface area contributed by atoms with Gasteiger partial charge < -0.3 is 14.2 Å². The Balaban J connectivity index is 4.40. The molecule has 0 radical (unpaired) electrons. The normalized spacial score (nSPS) is 12.5. The summed E-state index contributed by atoms with van der Waals surface area (Å²) in [7, 11) is 0. The molecule has 0 saturated heterocycles. The van der Waals surface area contributed by atoms with Crippen LogP contribution in [0.3, 0.4) is 0 Å². The fraction of sp³-hybridized carbons (Fsp3) is 0.768. The molecule has 0 rings (SSSR count). The molecule has 6 nitrogen and oxygen atoms in total. The van der Waals surface area contributed by atoms with Crippen molar-refractivity contribution >= 4 is 17.9 Å². The fourth-order valence-corrected chi connectivity index (χ4v) is 7.31. The predicted octanol–water partition coefficient (Wildman–Crippen LogP) is 17.3. The second-order valence-corrected chi connectivity index (χ2v) is 17.4. The molecular formula is C56H98O6. The molecule has 6 heteroatoms. The Morgan fingerprint density at radius 1 is 0.339 bits per heavy atom. The third-order valence-electron chi connectivity index (χ3n) is 11.3. The van der Waals surface area contributed by atoms with E-state index in [9.17, 15) is 14.4 Å². The first-order chi connectivity index (χ1) is 30.5. The number of esters is 3. The summed E-state index contributed by atoms with van der Waals surface area (Å²) >= 11 is 0. The average molecular weight is 867 g/mol. The van der Waals surface area contributed by atoms with Crippen LogP contribution in [0.25, 0.3) is 0 Å². The van der Waals surface area contributed by atoms with Crippen LogP contribution in [0.1, 0.15) is 258 Å². The minimum atomic E-state index is -0.790. The Bertz CT molecular complexity index is 1130. The van der Waals surface area contributed by atoms with Crippen LogP contribution < -0.4 is 0 Å². The summed E-state index contributed by atoms with van der Waals surface area (Å²) in [6.45, 7) is 6.47. The van der Waals surface area contributed by atoms with E-state index < -0.39 is 6.10 Å². The predicted molar refractivity (Wildman–Crippen MR) is 265 cm³/mol. The van der Waals surface area contributed by atoms with E-state index in [2.05, 4.69) is 81.5 Å². The van der Waals surface area contributed by atoms with Gasteiger partial charge in [0, 0.05) is 19.3 Å². The average Bonchev–Trinajstić information content (AvgIpc) is 3.27. The highest BCUT2D eigenvalue weighted by molar-refractivity contribution is 5.71. The minimum absolute atomic E-state index is 0.0888. The maximum Gasteiger partial charge on any atom is 0.306 e. The summed E-state index contributed by atoms with van der Waals surface area (Å²) in [6, 6.07) is 0. The number of ether oxygens (including phenoxy) is 3. The molecule has 0 heterocycles. The molecular weight excluding hydrogens is 769 g/mol. The third kappa shape index (κ3) is 48.1. The number of hydrogen-bond donors (Lipinski definition) is 0. The number of unbranched alkanes of at least 4 members (excludes halogenated alkanes) is 26. The SMILES string of the molecule is CC/C=C\C/C=C\C/C=C\CCCCC(=O)OCC(COC(=O)CCCCCCCCC/C=C\C/C=C\CCCCC)OC(=O)CCCCCCCCCCCCCCCCC. The molecule has 358 valence electrons. The van der Waals surface area contributed by atoms with Crippen molar-refractivity contribution < 1.29 is 28.6 Å². The number of rotatable bonds is 47. The van der Waals surface area contributed by atoms with Gasteiger partial charge in [-0.05, 0) is 83.5 Å². The first-order valence-corrected chi connectivity index (χ1v) is 26.3. The smallest absolute Gasteiger partial charge is 0.306 e. The second-order valence-electron chi connectivity index (χ2n) is 17.4. The summed E-state index contributed by atoms with van der Waals surface area (Å²) in [4.78, 5) is 38.0. The van der Waals surface area contributed by atoms with Gasteiger partial charge in [0.25, 0.3) is 0 Å². The van der Waals surface area contributed by atoms with Gasteiger partial charge >= 0.3 is 17.9 Å². The first kappa shape index (κ1) is 59.1. The van der Waals surface area contributed by atoms with Crippen LogP contribution in [0.4, 0.5) is 0 Å². The number of allylic oxidation sites excluding steroid dienone is 10. The zero-order valence-electron chi connectivity index (χ0n) is 40.9. The van der Waals surface area contributed by atoms with E-state index in [4.69, 9.17) is 14.2 Å². The zero-order chi connectivity index (χ0) is 45.1. The lowest BCUT2D eigenvalue weighted by Gasteiger charge is -2.18. The quantitative estimate of drug-likeness (QED) is 0.0262. The first-order valence-electron chi connectivity index (χ1n) is 26.3. The lowest BCUT2D eigenvalue weighted by Crippen LogP contribution is -2.30. The molecule has 0 amide bonds. The molecule has 0 fully saturated rings. The van der Waals surface area contributed by atoms with Crippen molar-refractivity contribution in [1.82, 2.24) is 0 Å². The van der Waals surface area contributed by atoms with E-state index in [0.29, 0.717) is 19.3 Å². The number of hydrogen-bond acceptors (Lipinski definition) is 6. The highest BCUT2D eigenvalue weighted by atomic mass is 16.6. The zero-order valence-corrected chi connectivity index (χ0v) is 40.9. The van der Waals surface area contributed by atoms with Gasteiger partial charge in [-0.25, -0.2) is 0 Å². The highest BCUT2D eigenvalue weighted by Gasteiger charge is 2.19. The maximum atomic E-state index is 12.8. The van der Waals surface area contributed by atoms with Crippen LogP contribution in [-0.2, 0) is 28.6 Å². The highest BCUT2D eigenvalue weighted by Crippen LogP contribution is 2.15. The Morgan fingerprint density at radius 2 is 0.629 bits per heavy atom.